The van der Waals surface area contributed by atoms with Gasteiger partial charge in [0.05, 0.1) is 19.9 Å². The Balaban J connectivity index is 1.88. The van der Waals surface area contributed by atoms with E-state index in [0.717, 1.165) is 12.3 Å². The van der Waals surface area contributed by atoms with Gasteiger partial charge in [0.25, 0.3) is 17.5 Å². The summed E-state index contributed by atoms with van der Waals surface area (Å²) < 4.78 is 50.9. The van der Waals surface area contributed by atoms with E-state index in [1.165, 1.54) is 37.4 Å². The van der Waals surface area contributed by atoms with Crippen molar-refractivity contribution in [3.05, 3.63) is 54.0 Å². The number of alkyl halides is 3. The minimum absolute atomic E-state index is 0.373. The van der Waals surface area contributed by atoms with Gasteiger partial charge in [0.15, 0.2) is 5.76 Å². The van der Waals surface area contributed by atoms with Gasteiger partial charge in [0.2, 0.25) is 0 Å². The Kier molecular flexibility index (Phi) is 4.75. The third-order valence-electron chi connectivity index (χ3n) is 4.08. The number of nitrogens with one attached hydrogen (secondary N) is 2. The molecule has 1 aliphatic rings. The molecule has 1 aromatic carbocycles. The molecule has 1 aromatic heterocycles. The van der Waals surface area contributed by atoms with Crippen molar-refractivity contribution >= 4 is 17.8 Å². The van der Waals surface area contributed by atoms with Gasteiger partial charge in [0.1, 0.15) is 5.75 Å². The first-order chi connectivity index (χ1) is 13.2. The second kappa shape index (κ2) is 6.91. The SMILES string of the molecule is COc1ccc(CN2C(=O)N[C@](NC(=O)c3ccco3)(C(F)(F)F)C2=O)cc1. The van der Waals surface area contributed by atoms with E-state index < -0.39 is 42.0 Å². The molecule has 2 heterocycles. The van der Waals surface area contributed by atoms with Gasteiger partial charge in [-0.3, -0.25) is 19.8 Å². The summed E-state index contributed by atoms with van der Waals surface area (Å²) in [5, 5.41) is 3.11. The van der Waals surface area contributed by atoms with Gasteiger partial charge in [0, 0.05) is 0 Å². The van der Waals surface area contributed by atoms with Crippen LogP contribution in [-0.2, 0) is 11.3 Å². The van der Waals surface area contributed by atoms with Gasteiger partial charge < -0.3 is 14.5 Å². The van der Waals surface area contributed by atoms with Crippen molar-refractivity contribution < 1.29 is 36.7 Å². The van der Waals surface area contributed by atoms with Gasteiger partial charge in [-0.2, -0.15) is 13.2 Å². The van der Waals surface area contributed by atoms with E-state index in [1.807, 2.05) is 0 Å². The van der Waals surface area contributed by atoms with Crippen LogP contribution in [0.2, 0.25) is 0 Å². The summed E-state index contributed by atoms with van der Waals surface area (Å²) in [6, 6.07) is 7.17. The van der Waals surface area contributed by atoms with Crippen molar-refractivity contribution in [3.8, 4) is 5.75 Å². The fourth-order valence-electron chi connectivity index (χ4n) is 2.62. The highest BCUT2D eigenvalue weighted by Crippen LogP contribution is 2.34. The van der Waals surface area contributed by atoms with Crippen LogP contribution in [0.25, 0.3) is 0 Å². The number of methoxy groups -OCH3 is 1. The molecule has 0 spiro atoms. The molecule has 148 valence electrons. The van der Waals surface area contributed by atoms with E-state index in [1.54, 1.807) is 10.6 Å². The summed E-state index contributed by atoms with van der Waals surface area (Å²) >= 11 is 0. The number of imide groups is 1. The Morgan fingerprint density at radius 1 is 1.25 bits per heavy atom. The smallest absolute Gasteiger partial charge is 0.440 e. The fourth-order valence-corrected chi connectivity index (χ4v) is 2.62. The van der Waals surface area contributed by atoms with E-state index >= 15 is 0 Å². The molecule has 28 heavy (non-hydrogen) atoms. The summed E-state index contributed by atoms with van der Waals surface area (Å²) in [5.74, 6) is -2.90. The number of hydrogen-bond donors (Lipinski definition) is 2. The Hall–Kier alpha value is -3.50. The van der Waals surface area contributed by atoms with Crippen LogP contribution >= 0.6 is 0 Å². The Morgan fingerprint density at radius 2 is 1.93 bits per heavy atom. The van der Waals surface area contributed by atoms with Crippen LogP contribution in [0, 0.1) is 0 Å². The highest BCUT2D eigenvalue weighted by Gasteiger charge is 2.68. The summed E-state index contributed by atoms with van der Waals surface area (Å²) in [7, 11) is 1.44. The number of carbonyl (C=O) groups is 3. The molecule has 2 aromatic rings. The molecular weight excluding hydrogens is 383 g/mol. The first-order valence-electron chi connectivity index (χ1n) is 7.88. The molecule has 0 unspecified atom stereocenters. The molecule has 11 heteroatoms. The predicted octanol–water partition coefficient (Wildman–Crippen LogP) is 2.03. The number of furan rings is 1. The molecule has 1 saturated heterocycles. The Labute approximate surface area is 156 Å². The van der Waals surface area contributed by atoms with Crippen LogP contribution in [0.4, 0.5) is 18.0 Å². The van der Waals surface area contributed by atoms with Crippen LogP contribution in [0.15, 0.2) is 47.1 Å². The summed E-state index contributed by atoms with van der Waals surface area (Å²) in [5.41, 5.74) is -3.21. The quantitative estimate of drug-likeness (QED) is 0.752. The zero-order chi connectivity index (χ0) is 20.5. The van der Waals surface area contributed by atoms with Crippen molar-refractivity contribution in [1.29, 1.82) is 0 Å². The molecule has 0 aliphatic carbocycles. The van der Waals surface area contributed by atoms with Crippen LogP contribution in [0.1, 0.15) is 16.1 Å². The number of benzene rings is 1. The van der Waals surface area contributed by atoms with Gasteiger partial charge in [-0.15, -0.1) is 0 Å². The molecule has 1 atom stereocenters. The number of carbonyl (C=O) groups excluding carboxylic acids is 3. The summed E-state index contributed by atoms with van der Waals surface area (Å²) in [4.78, 5) is 37.1. The number of urea groups is 1. The lowest BCUT2D eigenvalue weighted by molar-refractivity contribution is -0.200. The third-order valence-corrected chi connectivity index (χ3v) is 4.08. The molecule has 3 rings (SSSR count). The molecule has 0 bridgehead atoms. The molecule has 0 saturated carbocycles. The maximum Gasteiger partial charge on any atom is 0.440 e. The van der Waals surface area contributed by atoms with E-state index in [2.05, 4.69) is 0 Å². The van der Waals surface area contributed by atoms with E-state index in [-0.39, 0.29) is 0 Å². The number of rotatable bonds is 5. The zero-order valence-electron chi connectivity index (χ0n) is 14.4. The van der Waals surface area contributed by atoms with Crippen LogP contribution < -0.4 is 15.4 Å². The maximum atomic E-state index is 13.7. The van der Waals surface area contributed by atoms with Gasteiger partial charge in [-0.1, -0.05) is 12.1 Å². The van der Waals surface area contributed by atoms with Crippen LogP contribution in [-0.4, -0.2) is 41.7 Å². The van der Waals surface area contributed by atoms with Gasteiger partial charge in [-0.05, 0) is 29.8 Å². The molecule has 1 aliphatic heterocycles. The minimum atomic E-state index is -5.29. The fraction of sp³-hybridized carbons (Fsp3) is 0.235. The normalized spacial score (nSPS) is 19.5. The maximum absolute atomic E-state index is 13.7. The lowest BCUT2D eigenvalue weighted by Gasteiger charge is -2.29. The molecule has 0 radical (unpaired) electrons. The second-order valence-corrected chi connectivity index (χ2v) is 5.85. The predicted molar refractivity (Wildman–Crippen MR) is 87.0 cm³/mol. The number of amides is 4. The number of hydrogen-bond acceptors (Lipinski definition) is 5. The largest absolute Gasteiger partial charge is 0.497 e. The lowest BCUT2D eigenvalue weighted by Crippen LogP contribution is -2.69. The molecule has 1 fully saturated rings. The second-order valence-electron chi connectivity index (χ2n) is 5.85. The summed E-state index contributed by atoms with van der Waals surface area (Å²) in [6.07, 6.45) is -4.21. The Bertz CT molecular complexity index is 896. The number of nitrogens with zero attached hydrogens (tertiary/aromatic N) is 1. The first-order valence-corrected chi connectivity index (χ1v) is 7.88. The zero-order valence-corrected chi connectivity index (χ0v) is 14.4. The van der Waals surface area contributed by atoms with Crippen molar-refractivity contribution in [2.45, 2.75) is 18.4 Å². The van der Waals surface area contributed by atoms with Gasteiger partial charge in [-0.25, -0.2) is 4.79 Å². The van der Waals surface area contributed by atoms with E-state index in [9.17, 15) is 27.6 Å². The monoisotopic (exact) mass is 397 g/mol. The topological polar surface area (TPSA) is 101 Å². The number of halogens is 3. The summed E-state index contributed by atoms with van der Waals surface area (Å²) in [6.45, 7) is -0.427. The highest BCUT2D eigenvalue weighted by atomic mass is 19.4. The molecule has 4 amide bonds. The highest BCUT2D eigenvalue weighted by molar-refractivity contribution is 6.09. The van der Waals surface area contributed by atoms with Crippen molar-refractivity contribution in [2.24, 2.45) is 0 Å². The Morgan fingerprint density at radius 3 is 2.46 bits per heavy atom. The van der Waals surface area contributed by atoms with Crippen LogP contribution in [0.3, 0.4) is 0 Å². The van der Waals surface area contributed by atoms with Crippen molar-refractivity contribution in [2.75, 3.05) is 7.11 Å². The van der Waals surface area contributed by atoms with E-state index in [0.29, 0.717) is 16.2 Å². The average molecular weight is 397 g/mol. The lowest BCUT2D eigenvalue weighted by atomic mass is 10.1. The number of ether oxygens (including phenoxy) is 1. The van der Waals surface area contributed by atoms with Gasteiger partial charge >= 0.3 is 12.2 Å². The third kappa shape index (κ3) is 3.26. The molecule has 2 N–H and O–H groups in total. The first kappa shape index (κ1) is 19.3. The molecule has 8 nitrogen and oxygen atoms in total. The minimum Gasteiger partial charge on any atom is -0.497 e. The van der Waals surface area contributed by atoms with Crippen molar-refractivity contribution in [3.63, 3.8) is 0 Å². The molecular formula is C17H14F3N3O5. The standard InChI is InChI=1S/C17H14F3N3O5/c1-27-11-6-4-10(5-7-11)9-23-14(25)16(17(18,19)20,22-15(23)26)21-13(24)12-3-2-8-28-12/h2-8H,9H2,1H3,(H,21,24)(H,22,26)/t16-/m0/s1. The van der Waals surface area contributed by atoms with E-state index in [4.69, 9.17) is 9.15 Å². The van der Waals surface area contributed by atoms with Crippen LogP contribution in [0.5, 0.6) is 5.75 Å². The van der Waals surface area contributed by atoms with Crippen molar-refractivity contribution in [1.82, 2.24) is 15.5 Å². The average Bonchev–Trinajstić information content (AvgIpc) is 3.26.